The molecular formula is C21H21NO5S. The van der Waals surface area contributed by atoms with Crippen LogP contribution in [0.1, 0.15) is 73.4 Å². The Balaban J connectivity index is 1.56. The SMILES string of the molecule is CCCCN1C(=O)c2ccc(C(=O)OCCCC(=O)c3cccs3)cc2C1=O. The summed E-state index contributed by atoms with van der Waals surface area (Å²) in [5.41, 5.74) is 0.782. The summed E-state index contributed by atoms with van der Waals surface area (Å²) in [5.74, 6) is -1.23. The molecule has 7 heteroatoms. The number of fused-ring (bicyclic) bond motifs is 1. The van der Waals surface area contributed by atoms with Crippen LogP contribution in [-0.4, -0.2) is 41.6 Å². The Morgan fingerprint density at radius 3 is 2.57 bits per heavy atom. The van der Waals surface area contributed by atoms with Crippen LogP contribution in [-0.2, 0) is 4.74 Å². The zero-order valence-electron chi connectivity index (χ0n) is 15.6. The third kappa shape index (κ3) is 4.20. The fraction of sp³-hybridized carbons (Fsp3) is 0.333. The molecular weight excluding hydrogens is 378 g/mol. The summed E-state index contributed by atoms with van der Waals surface area (Å²) in [6.07, 6.45) is 2.34. The number of hydrogen-bond acceptors (Lipinski definition) is 6. The molecule has 0 fully saturated rings. The van der Waals surface area contributed by atoms with Crippen molar-refractivity contribution >= 4 is 34.9 Å². The van der Waals surface area contributed by atoms with Crippen molar-refractivity contribution in [3.8, 4) is 0 Å². The fourth-order valence-electron chi connectivity index (χ4n) is 2.98. The topological polar surface area (TPSA) is 80.8 Å². The lowest BCUT2D eigenvalue weighted by atomic mass is 10.1. The highest BCUT2D eigenvalue weighted by Crippen LogP contribution is 2.24. The van der Waals surface area contributed by atoms with Crippen molar-refractivity contribution in [2.24, 2.45) is 0 Å². The van der Waals surface area contributed by atoms with Crippen LogP contribution in [0.2, 0.25) is 0 Å². The quantitative estimate of drug-likeness (QED) is 0.276. The van der Waals surface area contributed by atoms with Crippen LogP contribution >= 0.6 is 11.3 Å². The summed E-state index contributed by atoms with van der Waals surface area (Å²) >= 11 is 1.39. The van der Waals surface area contributed by atoms with Gasteiger partial charge in [-0.2, -0.15) is 0 Å². The van der Waals surface area contributed by atoms with E-state index in [1.165, 1.54) is 34.4 Å². The van der Waals surface area contributed by atoms with Gasteiger partial charge in [0.2, 0.25) is 0 Å². The van der Waals surface area contributed by atoms with E-state index in [0.29, 0.717) is 29.8 Å². The van der Waals surface area contributed by atoms with Crippen LogP contribution in [0.5, 0.6) is 0 Å². The predicted molar refractivity (Wildman–Crippen MR) is 105 cm³/mol. The molecule has 0 unspecified atom stereocenters. The van der Waals surface area contributed by atoms with Gasteiger partial charge in [0.25, 0.3) is 11.8 Å². The average molecular weight is 399 g/mol. The minimum Gasteiger partial charge on any atom is -0.462 e. The van der Waals surface area contributed by atoms with Gasteiger partial charge in [-0.15, -0.1) is 11.3 Å². The molecule has 2 heterocycles. The number of unbranched alkanes of at least 4 members (excludes halogenated alkanes) is 1. The van der Waals surface area contributed by atoms with Gasteiger partial charge in [-0.1, -0.05) is 19.4 Å². The van der Waals surface area contributed by atoms with E-state index >= 15 is 0 Å². The van der Waals surface area contributed by atoms with Crippen LogP contribution in [0.3, 0.4) is 0 Å². The third-order valence-corrected chi connectivity index (χ3v) is 5.43. The molecule has 0 atom stereocenters. The minimum absolute atomic E-state index is 0.0276. The van der Waals surface area contributed by atoms with Gasteiger partial charge in [0.05, 0.1) is 28.2 Å². The van der Waals surface area contributed by atoms with Gasteiger partial charge in [0.1, 0.15) is 0 Å². The summed E-state index contributed by atoms with van der Waals surface area (Å²) in [6.45, 7) is 2.48. The third-order valence-electron chi connectivity index (χ3n) is 4.52. The highest BCUT2D eigenvalue weighted by atomic mass is 32.1. The van der Waals surface area contributed by atoms with Gasteiger partial charge < -0.3 is 4.74 Å². The highest BCUT2D eigenvalue weighted by Gasteiger charge is 2.35. The molecule has 0 saturated heterocycles. The van der Waals surface area contributed by atoms with Gasteiger partial charge >= 0.3 is 5.97 Å². The van der Waals surface area contributed by atoms with E-state index in [2.05, 4.69) is 0 Å². The predicted octanol–water partition coefficient (Wildman–Crippen LogP) is 3.96. The number of nitrogens with zero attached hydrogens (tertiary/aromatic N) is 1. The van der Waals surface area contributed by atoms with Crippen molar-refractivity contribution in [3.05, 3.63) is 57.3 Å². The molecule has 0 aliphatic carbocycles. The molecule has 0 bridgehead atoms. The second-order valence-corrected chi connectivity index (χ2v) is 7.46. The first-order valence-electron chi connectivity index (χ1n) is 9.27. The average Bonchev–Trinajstić information content (AvgIpc) is 3.32. The van der Waals surface area contributed by atoms with Crippen molar-refractivity contribution in [1.82, 2.24) is 4.90 Å². The Hall–Kier alpha value is -2.80. The first-order valence-corrected chi connectivity index (χ1v) is 10.1. The molecule has 0 N–H and O–H groups in total. The molecule has 146 valence electrons. The smallest absolute Gasteiger partial charge is 0.338 e. The van der Waals surface area contributed by atoms with E-state index in [1.54, 1.807) is 6.07 Å². The lowest BCUT2D eigenvalue weighted by Crippen LogP contribution is -2.30. The van der Waals surface area contributed by atoms with E-state index in [4.69, 9.17) is 4.74 Å². The highest BCUT2D eigenvalue weighted by molar-refractivity contribution is 7.12. The van der Waals surface area contributed by atoms with E-state index < -0.39 is 5.97 Å². The molecule has 2 aromatic rings. The number of esters is 1. The van der Waals surface area contributed by atoms with Gasteiger partial charge in [-0.3, -0.25) is 19.3 Å². The van der Waals surface area contributed by atoms with Crippen molar-refractivity contribution in [2.45, 2.75) is 32.6 Å². The lowest BCUT2D eigenvalue weighted by Gasteiger charge is -2.12. The maximum Gasteiger partial charge on any atom is 0.338 e. The van der Waals surface area contributed by atoms with E-state index in [1.807, 2.05) is 18.4 Å². The maximum absolute atomic E-state index is 12.5. The summed E-state index contributed by atoms with van der Waals surface area (Å²) in [6, 6.07) is 8.00. The summed E-state index contributed by atoms with van der Waals surface area (Å²) in [7, 11) is 0. The van der Waals surface area contributed by atoms with Gasteiger partial charge in [0.15, 0.2) is 5.78 Å². The van der Waals surface area contributed by atoms with E-state index in [0.717, 1.165) is 12.8 Å². The minimum atomic E-state index is -0.571. The molecule has 2 amide bonds. The Morgan fingerprint density at radius 2 is 1.86 bits per heavy atom. The van der Waals surface area contributed by atoms with Crippen molar-refractivity contribution in [3.63, 3.8) is 0 Å². The first-order chi connectivity index (χ1) is 13.5. The van der Waals surface area contributed by atoms with E-state index in [9.17, 15) is 19.2 Å². The number of ether oxygens (including phenoxy) is 1. The maximum atomic E-state index is 12.5. The van der Waals surface area contributed by atoms with Crippen molar-refractivity contribution < 1.29 is 23.9 Å². The van der Waals surface area contributed by atoms with Crippen molar-refractivity contribution in [2.75, 3.05) is 13.2 Å². The van der Waals surface area contributed by atoms with Crippen LogP contribution in [0.15, 0.2) is 35.7 Å². The first kappa shape index (κ1) is 19.9. The van der Waals surface area contributed by atoms with Crippen LogP contribution < -0.4 is 0 Å². The zero-order valence-corrected chi connectivity index (χ0v) is 16.4. The Morgan fingerprint density at radius 1 is 1.07 bits per heavy atom. The number of ketones is 1. The largest absolute Gasteiger partial charge is 0.462 e. The van der Waals surface area contributed by atoms with Crippen LogP contribution in [0.4, 0.5) is 0 Å². The summed E-state index contributed by atoms with van der Waals surface area (Å²) < 4.78 is 5.21. The van der Waals surface area contributed by atoms with Crippen LogP contribution in [0, 0.1) is 0 Å². The Bertz CT molecular complexity index is 904. The molecule has 1 aliphatic rings. The normalized spacial score (nSPS) is 13.0. The second kappa shape index (κ2) is 8.93. The number of imide groups is 1. The number of carbonyl (C=O) groups is 4. The lowest BCUT2D eigenvalue weighted by molar-refractivity contribution is 0.0494. The fourth-order valence-corrected chi connectivity index (χ4v) is 3.67. The molecule has 0 spiro atoms. The Labute approximate surface area is 167 Å². The molecule has 3 rings (SSSR count). The standard InChI is InChI=1S/C21H21NO5S/c1-2-3-10-22-19(24)15-9-8-14(13-16(15)20(22)25)21(26)27-11-4-6-17(23)18-7-5-12-28-18/h5,7-9,12-13H,2-4,6,10-11H2,1H3. The monoisotopic (exact) mass is 399 g/mol. The molecule has 1 aliphatic heterocycles. The molecule has 0 radical (unpaired) electrons. The molecule has 1 aromatic carbocycles. The van der Waals surface area contributed by atoms with Gasteiger partial charge in [0, 0.05) is 13.0 Å². The Kier molecular flexibility index (Phi) is 6.36. The number of carbonyl (C=O) groups excluding carboxylic acids is 4. The van der Waals surface area contributed by atoms with Gasteiger partial charge in [-0.05, 0) is 42.5 Å². The zero-order chi connectivity index (χ0) is 20.1. The summed E-state index contributed by atoms with van der Waals surface area (Å²) in [5, 5.41) is 1.84. The number of Topliss-reactive ketones (excluding diaryl/α,β-unsaturated/α-hetero) is 1. The number of rotatable bonds is 9. The summed E-state index contributed by atoms with van der Waals surface area (Å²) in [4.78, 5) is 50.9. The number of benzene rings is 1. The molecule has 1 aromatic heterocycles. The second-order valence-electron chi connectivity index (χ2n) is 6.52. The van der Waals surface area contributed by atoms with Crippen molar-refractivity contribution in [1.29, 1.82) is 0 Å². The van der Waals surface area contributed by atoms with E-state index in [-0.39, 0.29) is 35.3 Å². The van der Waals surface area contributed by atoms with Gasteiger partial charge in [-0.25, -0.2) is 4.79 Å². The molecule has 0 saturated carbocycles. The molecule has 28 heavy (non-hydrogen) atoms. The number of hydrogen-bond donors (Lipinski definition) is 0. The molecule has 6 nitrogen and oxygen atoms in total. The number of thiophene rings is 1. The van der Waals surface area contributed by atoms with Crippen LogP contribution in [0.25, 0.3) is 0 Å². The number of amides is 2.